The molecule has 0 spiro atoms. The molecule has 0 amide bonds. The van der Waals surface area contributed by atoms with Crippen molar-refractivity contribution >= 4 is 28.5 Å². The number of nitriles is 1. The van der Waals surface area contributed by atoms with Crippen LogP contribution in [-0.4, -0.2) is 17.6 Å². The second-order valence-electron chi connectivity index (χ2n) is 6.15. The molecule has 3 aromatic rings. The van der Waals surface area contributed by atoms with E-state index in [2.05, 4.69) is 6.08 Å². The second-order valence-corrected chi connectivity index (χ2v) is 6.15. The predicted octanol–water partition coefficient (Wildman–Crippen LogP) is 4.40. The number of carbonyl (C=O) groups is 1. The Morgan fingerprint density at radius 3 is 2.69 bits per heavy atom. The summed E-state index contributed by atoms with van der Waals surface area (Å²) in [5.41, 5.74) is 5.30. The molecule has 126 valence electrons. The summed E-state index contributed by atoms with van der Waals surface area (Å²) in [5, 5.41) is 9.50. The molecule has 0 radical (unpaired) electrons. The van der Waals surface area contributed by atoms with Crippen LogP contribution in [-0.2, 0) is 11.2 Å². The van der Waals surface area contributed by atoms with E-state index in [1.54, 1.807) is 0 Å². The van der Waals surface area contributed by atoms with Gasteiger partial charge in [-0.2, -0.15) is 5.26 Å². The van der Waals surface area contributed by atoms with Gasteiger partial charge in [-0.25, -0.2) is 9.78 Å². The highest BCUT2D eigenvalue weighted by atomic mass is 16.5. The highest BCUT2D eigenvalue weighted by Gasteiger charge is 2.27. The van der Waals surface area contributed by atoms with Gasteiger partial charge in [0, 0.05) is 5.39 Å². The van der Waals surface area contributed by atoms with Crippen LogP contribution < -0.4 is 0 Å². The molecule has 1 aliphatic rings. The minimum atomic E-state index is -0.456. The van der Waals surface area contributed by atoms with Crippen LogP contribution in [0, 0.1) is 11.3 Å². The Morgan fingerprint density at radius 2 is 1.88 bits per heavy atom. The van der Waals surface area contributed by atoms with E-state index in [-0.39, 0.29) is 6.61 Å². The third-order valence-electron chi connectivity index (χ3n) is 4.55. The van der Waals surface area contributed by atoms with Gasteiger partial charge in [-0.1, -0.05) is 48.5 Å². The Balaban J connectivity index is 1.89. The number of aromatic nitrogens is 1. The van der Waals surface area contributed by atoms with E-state index in [0.29, 0.717) is 5.56 Å². The van der Waals surface area contributed by atoms with Gasteiger partial charge in [0.15, 0.2) is 6.61 Å². The molecule has 0 aliphatic heterocycles. The molecule has 2 aromatic carbocycles. The van der Waals surface area contributed by atoms with Crippen molar-refractivity contribution in [3.63, 3.8) is 0 Å². The molecule has 1 heterocycles. The smallest absolute Gasteiger partial charge is 0.340 e. The lowest BCUT2D eigenvalue weighted by Crippen LogP contribution is -2.10. The highest BCUT2D eigenvalue weighted by Crippen LogP contribution is 2.37. The van der Waals surface area contributed by atoms with Crippen LogP contribution >= 0.6 is 0 Å². The van der Waals surface area contributed by atoms with E-state index in [1.165, 1.54) is 0 Å². The minimum absolute atomic E-state index is 0.253. The number of benzene rings is 2. The monoisotopic (exact) mass is 340 g/mol. The van der Waals surface area contributed by atoms with Gasteiger partial charge < -0.3 is 4.74 Å². The molecule has 0 atom stereocenters. The Hall–Kier alpha value is -3.45. The van der Waals surface area contributed by atoms with Crippen LogP contribution in [0.4, 0.5) is 0 Å². The topological polar surface area (TPSA) is 63.0 Å². The van der Waals surface area contributed by atoms with Gasteiger partial charge in [-0.3, -0.25) is 0 Å². The Bertz CT molecular complexity index is 1060. The fourth-order valence-electron chi connectivity index (χ4n) is 3.43. The van der Waals surface area contributed by atoms with E-state index < -0.39 is 5.97 Å². The third-order valence-corrected chi connectivity index (χ3v) is 4.55. The number of ether oxygens (including phenoxy) is 1. The third kappa shape index (κ3) is 2.84. The number of fused-ring (bicyclic) bond motifs is 2. The summed E-state index contributed by atoms with van der Waals surface area (Å²) < 4.78 is 5.12. The van der Waals surface area contributed by atoms with Gasteiger partial charge in [0.25, 0.3) is 0 Å². The Kier molecular flexibility index (Phi) is 4.20. The average Bonchev–Trinajstić information content (AvgIpc) is 3.07. The normalized spacial score (nSPS) is 14.2. The minimum Gasteiger partial charge on any atom is -0.447 e. The molecule has 4 heteroatoms. The first kappa shape index (κ1) is 16.0. The van der Waals surface area contributed by atoms with E-state index >= 15 is 0 Å². The van der Waals surface area contributed by atoms with Crippen molar-refractivity contribution in [1.82, 2.24) is 4.98 Å². The van der Waals surface area contributed by atoms with Crippen molar-refractivity contribution < 1.29 is 9.53 Å². The summed E-state index contributed by atoms with van der Waals surface area (Å²) in [5.74, 6) is -0.456. The number of nitrogens with zero attached hydrogens (tertiary/aromatic N) is 2. The lowest BCUT2D eigenvalue weighted by atomic mass is 10.0. The SMILES string of the molecule is N#CCOC(=O)c1c2c(nc3ccccc13)/C(=C/c1ccccc1)CC2. The van der Waals surface area contributed by atoms with Crippen LogP contribution in [0.15, 0.2) is 54.6 Å². The molecule has 4 nitrogen and oxygen atoms in total. The van der Waals surface area contributed by atoms with Crippen molar-refractivity contribution in [1.29, 1.82) is 5.26 Å². The standard InChI is InChI=1S/C22H16N2O2/c23-12-13-26-22(25)20-17-8-4-5-9-19(17)24-21-16(10-11-18(20)21)14-15-6-2-1-3-7-15/h1-9,14H,10-11,13H2/b16-14+. The molecular weight excluding hydrogens is 324 g/mol. The molecule has 0 saturated carbocycles. The number of esters is 1. The quantitative estimate of drug-likeness (QED) is 0.663. The first-order valence-electron chi connectivity index (χ1n) is 8.49. The van der Waals surface area contributed by atoms with Crippen molar-refractivity contribution in [2.24, 2.45) is 0 Å². The van der Waals surface area contributed by atoms with Crippen LogP contribution in [0.25, 0.3) is 22.6 Å². The number of carbonyl (C=O) groups excluding carboxylic acids is 1. The first-order valence-corrected chi connectivity index (χ1v) is 8.49. The molecule has 0 unspecified atom stereocenters. The van der Waals surface area contributed by atoms with Crippen molar-refractivity contribution in [2.75, 3.05) is 6.61 Å². The number of rotatable bonds is 3. The fourth-order valence-corrected chi connectivity index (χ4v) is 3.43. The van der Waals surface area contributed by atoms with Crippen LogP contribution in [0.2, 0.25) is 0 Å². The number of para-hydroxylation sites is 1. The van der Waals surface area contributed by atoms with Crippen LogP contribution in [0.1, 0.15) is 33.6 Å². The molecule has 1 aromatic heterocycles. The largest absolute Gasteiger partial charge is 0.447 e. The summed E-state index contributed by atoms with van der Waals surface area (Å²) in [6.07, 6.45) is 3.69. The van der Waals surface area contributed by atoms with Crippen molar-refractivity contribution in [2.45, 2.75) is 12.8 Å². The van der Waals surface area contributed by atoms with Gasteiger partial charge in [0.1, 0.15) is 6.07 Å². The summed E-state index contributed by atoms with van der Waals surface area (Å²) in [4.78, 5) is 17.4. The van der Waals surface area contributed by atoms with E-state index in [9.17, 15) is 4.79 Å². The summed E-state index contributed by atoms with van der Waals surface area (Å²) in [6.45, 7) is -0.253. The maximum Gasteiger partial charge on any atom is 0.340 e. The van der Waals surface area contributed by atoms with Gasteiger partial charge in [0.05, 0.1) is 16.8 Å². The maximum absolute atomic E-state index is 12.6. The van der Waals surface area contributed by atoms with Gasteiger partial charge in [-0.05, 0) is 41.7 Å². The van der Waals surface area contributed by atoms with Crippen molar-refractivity contribution in [3.05, 3.63) is 77.0 Å². The first-order chi connectivity index (χ1) is 12.8. The zero-order valence-corrected chi connectivity index (χ0v) is 14.1. The van der Waals surface area contributed by atoms with Gasteiger partial charge >= 0.3 is 5.97 Å². The van der Waals surface area contributed by atoms with Crippen molar-refractivity contribution in [3.8, 4) is 6.07 Å². The molecule has 0 bridgehead atoms. The number of pyridine rings is 1. The lowest BCUT2D eigenvalue weighted by molar-refractivity contribution is 0.0556. The lowest BCUT2D eigenvalue weighted by Gasteiger charge is -2.11. The summed E-state index contributed by atoms with van der Waals surface area (Å²) >= 11 is 0. The average molecular weight is 340 g/mol. The molecule has 1 aliphatic carbocycles. The highest BCUT2D eigenvalue weighted by molar-refractivity contribution is 6.07. The Labute approximate surface area is 151 Å². The molecule has 26 heavy (non-hydrogen) atoms. The molecule has 0 fully saturated rings. The molecular formula is C22H16N2O2. The van der Waals surface area contributed by atoms with E-state index in [4.69, 9.17) is 15.0 Å². The van der Waals surface area contributed by atoms with Crippen LogP contribution in [0.5, 0.6) is 0 Å². The number of hydrogen-bond acceptors (Lipinski definition) is 4. The Morgan fingerprint density at radius 1 is 1.12 bits per heavy atom. The number of allylic oxidation sites excluding steroid dienone is 1. The van der Waals surface area contributed by atoms with Gasteiger partial charge in [0.2, 0.25) is 0 Å². The maximum atomic E-state index is 12.6. The molecule has 0 N–H and O–H groups in total. The predicted molar refractivity (Wildman–Crippen MR) is 100 cm³/mol. The zero-order valence-electron chi connectivity index (χ0n) is 14.1. The van der Waals surface area contributed by atoms with E-state index in [1.807, 2.05) is 60.7 Å². The molecule has 0 saturated heterocycles. The molecule has 4 rings (SSSR count). The van der Waals surface area contributed by atoms with Gasteiger partial charge in [-0.15, -0.1) is 0 Å². The number of hydrogen-bond donors (Lipinski definition) is 0. The van der Waals surface area contributed by atoms with Crippen LogP contribution in [0.3, 0.4) is 0 Å². The van der Waals surface area contributed by atoms with E-state index in [0.717, 1.165) is 46.1 Å². The fraction of sp³-hybridized carbons (Fsp3) is 0.136. The zero-order chi connectivity index (χ0) is 17.9. The summed E-state index contributed by atoms with van der Waals surface area (Å²) in [7, 11) is 0. The summed E-state index contributed by atoms with van der Waals surface area (Å²) in [6, 6.07) is 19.5. The second kappa shape index (κ2) is 6.81.